The molecule has 1 aromatic heterocycles. The average Bonchev–Trinajstić information content (AvgIpc) is 3.48. The number of hydrogen-bond donors (Lipinski definition) is 2. The molecule has 2 atom stereocenters. The van der Waals surface area contributed by atoms with Gasteiger partial charge in [-0.3, -0.25) is 4.57 Å². The highest BCUT2D eigenvalue weighted by atomic mass is 32.2. The Labute approximate surface area is 213 Å². The highest BCUT2D eigenvalue weighted by Gasteiger charge is 2.61. The van der Waals surface area contributed by atoms with E-state index in [4.69, 9.17) is 9.47 Å². The Morgan fingerprint density at radius 2 is 1.81 bits per heavy atom. The molecule has 0 aliphatic carbocycles. The summed E-state index contributed by atoms with van der Waals surface area (Å²) >= 11 is 1.72. The summed E-state index contributed by atoms with van der Waals surface area (Å²) in [4.78, 5) is 1.11. The van der Waals surface area contributed by atoms with Gasteiger partial charge in [-0.15, -0.1) is 11.8 Å². The number of nitriles is 1. The minimum absolute atomic E-state index is 0.00174. The molecule has 2 N–H and O–H groups in total. The van der Waals surface area contributed by atoms with Crippen LogP contribution in [0.1, 0.15) is 42.9 Å². The number of aromatic hydroxyl groups is 2. The van der Waals surface area contributed by atoms with Crippen molar-refractivity contribution < 1.29 is 19.7 Å². The molecule has 2 aliphatic heterocycles. The van der Waals surface area contributed by atoms with E-state index < -0.39 is 11.2 Å². The average molecular weight is 499 g/mol. The Morgan fingerprint density at radius 1 is 1.03 bits per heavy atom. The van der Waals surface area contributed by atoms with Crippen LogP contribution in [0.3, 0.4) is 0 Å². The van der Waals surface area contributed by atoms with Gasteiger partial charge >= 0.3 is 0 Å². The van der Waals surface area contributed by atoms with E-state index in [1.807, 2.05) is 49.4 Å². The van der Waals surface area contributed by atoms with Gasteiger partial charge in [0, 0.05) is 21.4 Å². The lowest BCUT2D eigenvalue weighted by atomic mass is 9.78. The lowest BCUT2D eigenvalue weighted by Gasteiger charge is -2.26. The Kier molecular flexibility index (Phi) is 5.22. The molecular weight excluding hydrogens is 472 g/mol. The third-order valence-electron chi connectivity index (χ3n) is 7.61. The maximum absolute atomic E-state index is 11.6. The van der Waals surface area contributed by atoms with Crippen LogP contribution in [0.15, 0.2) is 65.6 Å². The molecule has 2 bridgehead atoms. The first kappa shape index (κ1) is 22.8. The summed E-state index contributed by atoms with van der Waals surface area (Å²) in [6.45, 7) is 2.00. The molecule has 7 heteroatoms. The third-order valence-corrected chi connectivity index (χ3v) is 8.61. The van der Waals surface area contributed by atoms with Crippen LogP contribution in [0, 0.1) is 11.3 Å². The third kappa shape index (κ3) is 3.22. The number of hydrogen-bond acceptors (Lipinski definition) is 6. The first-order valence-electron chi connectivity index (χ1n) is 12.0. The van der Waals surface area contributed by atoms with Crippen molar-refractivity contribution >= 4 is 22.5 Å². The van der Waals surface area contributed by atoms with Gasteiger partial charge in [-0.25, -0.2) is 0 Å². The van der Waals surface area contributed by atoms with Gasteiger partial charge in [-0.1, -0.05) is 30.3 Å². The molecule has 0 amide bonds. The first-order valence-corrected chi connectivity index (χ1v) is 13.0. The highest BCUT2D eigenvalue weighted by molar-refractivity contribution is 7.99. The van der Waals surface area contributed by atoms with Crippen molar-refractivity contribution in [3.8, 4) is 29.3 Å². The first-order chi connectivity index (χ1) is 17.4. The quantitative estimate of drug-likeness (QED) is 0.302. The van der Waals surface area contributed by atoms with Crippen molar-refractivity contribution in [3.05, 3.63) is 77.4 Å². The number of ether oxygens (including phenoxy) is 2. The predicted molar refractivity (Wildman–Crippen MR) is 139 cm³/mol. The second kappa shape index (κ2) is 8.22. The fourth-order valence-electron chi connectivity index (χ4n) is 5.94. The van der Waals surface area contributed by atoms with Crippen LogP contribution >= 0.6 is 11.8 Å². The Balaban J connectivity index is 1.41. The van der Waals surface area contributed by atoms with Crippen molar-refractivity contribution in [2.45, 2.75) is 42.3 Å². The molecule has 2 aliphatic rings. The number of fused-ring (bicyclic) bond motifs is 6. The lowest BCUT2D eigenvalue weighted by molar-refractivity contribution is -0.0803. The van der Waals surface area contributed by atoms with Crippen LogP contribution in [0.25, 0.3) is 16.5 Å². The Morgan fingerprint density at radius 3 is 2.58 bits per heavy atom. The van der Waals surface area contributed by atoms with Crippen molar-refractivity contribution in [2.24, 2.45) is 0 Å². The SMILES string of the molecule is COc1cccc(SCC[C@@]23CC[C@@](C)(O2)c2c3c(O)n(-c3ccc(C#N)c4ccccc34)c2O)c1. The smallest absolute Gasteiger partial charge is 0.205 e. The van der Waals surface area contributed by atoms with Gasteiger partial charge in [0.25, 0.3) is 0 Å². The zero-order chi connectivity index (χ0) is 25.1. The van der Waals surface area contributed by atoms with Crippen LogP contribution in [0.5, 0.6) is 17.5 Å². The van der Waals surface area contributed by atoms with Gasteiger partial charge < -0.3 is 19.7 Å². The Hall–Kier alpha value is -3.60. The monoisotopic (exact) mass is 498 g/mol. The second-order valence-electron chi connectivity index (χ2n) is 9.63. The van der Waals surface area contributed by atoms with Crippen molar-refractivity contribution in [2.75, 3.05) is 12.9 Å². The van der Waals surface area contributed by atoms with E-state index in [2.05, 4.69) is 12.1 Å². The van der Waals surface area contributed by atoms with Crippen molar-refractivity contribution in [1.29, 1.82) is 5.26 Å². The molecule has 3 heterocycles. The molecule has 0 radical (unpaired) electrons. The lowest BCUT2D eigenvalue weighted by Crippen LogP contribution is -2.23. The molecule has 182 valence electrons. The topological polar surface area (TPSA) is 87.6 Å². The van der Waals surface area contributed by atoms with E-state index >= 15 is 0 Å². The number of methoxy groups -OCH3 is 1. The van der Waals surface area contributed by atoms with E-state index in [-0.39, 0.29) is 11.8 Å². The van der Waals surface area contributed by atoms with Crippen LogP contribution in [-0.2, 0) is 15.9 Å². The zero-order valence-corrected chi connectivity index (χ0v) is 20.9. The molecule has 1 saturated heterocycles. The number of benzene rings is 3. The van der Waals surface area contributed by atoms with Crippen molar-refractivity contribution in [1.82, 2.24) is 4.57 Å². The van der Waals surface area contributed by atoms with E-state index in [0.29, 0.717) is 28.8 Å². The van der Waals surface area contributed by atoms with Gasteiger partial charge in [0.15, 0.2) is 0 Å². The molecule has 3 aromatic carbocycles. The van der Waals surface area contributed by atoms with Crippen LogP contribution in [0.2, 0.25) is 0 Å². The molecule has 1 fully saturated rings. The van der Waals surface area contributed by atoms with Crippen molar-refractivity contribution in [3.63, 3.8) is 0 Å². The molecule has 36 heavy (non-hydrogen) atoms. The molecule has 0 spiro atoms. The largest absolute Gasteiger partial charge is 0.497 e. The van der Waals surface area contributed by atoms with E-state index in [1.54, 1.807) is 31.0 Å². The van der Waals surface area contributed by atoms with Gasteiger partial charge in [0.1, 0.15) is 11.4 Å². The van der Waals surface area contributed by atoms with E-state index in [1.165, 1.54) is 4.57 Å². The summed E-state index contributed by atoms with van der Waals surface area (Å²) in [5, 5.41) is 34.2. The summed E-state index contributed by atoms with van der Waals surface area (Å²) in [5.74, 6) is 1.61. The molecule has 6 nitrogen and oxygen atoms in total. The summed E-state index contributed by atoms with van der Waals surface area (Å²) in [7, 11) is 1.66. The van der Waals surface area contributed by atoms with Crippen LogP contribution in [-0.4, -0.2) is 27.6 Å². The van der Waals surface area contributed by atoms with Crippen LogP contribution < -0.4 is 4.74 Å². The minimum atomic E-state index is -0.662. The zero-order valence-electron chi connectivity index (χ0n) is 20.1. The fraction of sp³-hybridized carbons (Fsp3) is 0.276. The number of aromatic nitrogens is 1. The van der Waals surface area contributed by atoms with E-state index in [0.717, 1.165) is 40.0 Å². The fourth-order valence-corrected chi connectivity index (χ4v) is 6.98. The summed E-state index contributed by atoms with van der Waals surface area (Å²) in [6.07, 6.45) is 2.25. The number of rotatable bonds is 6. The van der Waals surface area contributed by atoms with Crippen LogP contribution in [0.4, 0.5) is 0 Å². The van der Waals surface area contributed by atoms with E-state index in [9.17, 15) is 15.5 Å². The summed E-state index contributed by atoms with van der Waals surface area (Å²) in [5.41, 5.74) is 1.22. The maximum atomic E-state index is 11.6. The second-order valence-corrected chi connectivity index (χ2v) is 10.8. The van der Waals surface area contributed by atoms with Gasteiger partial charge in [0.05, 0.1) is 41.2 Å². The molecule has 0 unspecified atom stereocenters. The maximum Gasteiger partial charge on any atom is 0.205 e. The predicted octanol–water partition coefficient (Wildman–Crippen LogP) is 6.34. The normalized spacial score (nSPS) is 22.0. The Bertz CT molecular complexity index is 1560. The highest BCUT2D eigenvalue weighted by Crippen LogP contribution is 2.65. The number of nitrogens with zero attached hydrogens (tertiary/aromatic N) is 2. The number of thioether (sulfide) groups is 1. The standard InChI is InChI=1S/C29H26N2O4S/c1-28-12-13-29(35-28,14-15-36-20-7-5-6-19(16-20)34-2)25-24(28)26(32)31(27(25)33)23-11-10-18(17-30)21-8-3-4-9-22(21)23/h3-11,16,32-33H,12-15H2,1-2H3/t28-,29-/m1/s1. The molecule has 6 rings (SSSR count). The van der Waals surface area contributed by atoms with Gasteiger partial charge in [0.2, 0.25) is 11.8 Å². The minimum Gasteiger partial charge on any atom is -0.497 e. The van der Waals surface area contributed by atoms with Gasteiger partial charge in [-0.05, 0) is 56.5 Å². The molecule has 0 saturated carbocycles. The molecular formula is C29H26N2O4S. The summed E-state index contributed by atoms with van der Waals surface area (Å²) < 4.78 is 13.5. The van der Waals surface area contributed by atoms with Gasteiger partial charge in [-0.2, -0.15) is 5.26 Å². The summed E-state index contributed by atoms with van der Waals surface area (Å²) in [6, 6.07) is 21.3. The molecule has 4 aromatic rings.